The van der Waals surface area contributed by atoms with Crippen LogP contribution in [0.4, 0.5) is 13.2 Å². The molecule has 0 bridgehead atoms. The Morgan fingerprint density at radius 2 is 2.11 bits per heavy atom. The molecule has 0 aliphatic heterocycles. The van der Waals surface area contributed by atoms with Crippen molar-refractivity contribution >= 4 is 27.9 Å². The quantitative estimate of drug-likeness (QED) is 0.596. The van der Waals surface area contributed by atoms with Crippen molar-refractivity contribution in [1.29, 1.82) is 0 Å². The van der Waals surface area contributed by atoms with E-state index in [4.69, 9.17) is 0 Å². The topological polar surface area (TPSA) is 12.0 Å². The fraction of sp³-hybridized carbons (Fsp3) is 0.333. The number of nitrogens with one attached hydrogen (secondary N) is 1. The first-order valence-corrected chi connectivity index (χ1v) is 6.88. The van der Waals surface area contributed by atoms with E-state index < -0.39 is 11.7 Å². The Bertz CT molecular complexity index is 432. The van der Waals surface area contributed by atoms with Crippen molar-refractivity contribution in [2.24, 2.45) is 0 Å². The van der Waals surface area contributed by atoms with Crippen LogP contribution < -0.4 is 4.72 Å². The van der Waals surface area contributed by atoms with Crippen LogP contribution in [0.1, 0.15) is 18.9 Å². The molecule has 1 aromatic carbocycles. The zero-order valence-electron chi connectivity index (χ0n) is 9.77. The van der Waals surface area contributed by atoms with Crippen molar-refractivity contribution in [3.05, 3.63) is 40.4 Å². The summed E-state index contributed by atoms with van der Waals surface area (Å²) in [5.41, 5.74) is 0.356. The number of hydrogen-bond acceptors (Lipinski definition) is 2. The van der Waals surface area contributed by atoms with Gasteiger partial charge in [0.2, 0.25) is 0 Å². The molecule has 0 radical (unpaired) electrons. The lowest BCUT2D eigenvalue weighted by Crippen LogP contribution is -2.08. The minimum Gasteiger partial charge on any atom is -0.256 e. The molecule has 1 aromatic rings. The fourth-order valence-corrected chi connectivity index (χ4v) is 2.37. The Balaban J connectivity index is 2.73. The van der Waals surface area contributed by atoms with Crippen molar-refractivity contribution in [1.82, 2.24) is 4.72 Å². The Labute approximate surface area is 117 Å². The van der Waals surface area contributed by atoms with Gasteiger partial charge in [-0.2, -0.15) is 13.2 Å². The summed E-state index contributed by atoms with van der Waals surface area (Å²) in [4.78, 5) is 0.508. The monoisotopic (exact) mass is 339 g/mol. The van der Waals surface area contributed by atoms with Gasteiger partial charge in [-0.25, -0.2) is 0 Å². The first kappa shape index (κ1) is 15.6. The van der Waals surface area contributed by atoms with Gasteiger partial charge in [-0.3, -0.25) is 4.72 Å². The third-order valence-corrected chi connectivity index (χ3v) is 4.06. The maximum atomic E-state index is 12.5. The normalized spacial score (nSPS) is 11.6. The van der Waals surface area contributed by atoms with Gasteiger partial charge in [-0.15, -0.1) is 0 Å². The summed E-state index contributed by atoms with van der Waals surface area (Å²) in [7, 11) is 0. The van der Waals surface area contributed by atoms with Crippen LogP contribution >= 0.6 is 27.9 Å². The highest BCUT2D eigenvalue weighted by Gasteiger charge is 2.30. The molecule has 0 spiro atoms. The van der Waals surface area contributed by atoms with Crippen molar-refractivity contribution in [2.75, 3.05) is 6.54 Å². The lowest BCUT2D eigenvalue weighted by molar-refractivity contribution is -0.137. The third kappa shape index (κ3) is 4.66. The first-order chi connectivity index (χ1) is 8.34. The second-order valence-corrected chi connectivity index (χ2v) is 5.46. The maximum absolute atomic E-state index is 12.5. The molecule has 1 rings (SSSR count). The van der Waals surface area contributed by atoms with Gasteiger partial charge < -0.3 is 0 Å². The van der Waals surface area contributed by atoms with Crippen LogP contribution in [0.25, 0.3) is 0 Å². The van der Waals surface area contributed by atoms with Gasteiger partial charge in [0.15, 0.2) is 0 Å². The minimum atomic E-state index is -4.32. The summed E-state index contributed by atoms with van der Waals surface area (Å²) in [6.07, 6.45) is -3.47. The molecule has 0 atom stereocenters. The average molecular weight is 340 g/mol. The molecule has 0 aliphatic rings. The standard InChI is InChI=1S/C12H13BrF3NS/c1-3-8(2)7-17-18-11-6-9(12(14,15)16)4-5-10(11)13/h4-6,17H,2-3,7H2,1H3. The highest BCUT2D eigenvalue weighted by molar-refractivity contribution is 9.10. The van der Waals surface area contributed by atoms with Gasteiger partial charge in [0.1, 0.15) is 0 Å². The molecule has 1 nitrogen and oxygen atoms in total. The van der Waals surface area contributed by atoms with E-state index in [-0.39, 0.29) is 0 Å². The van der Waals surface area contributed by atoms with Crippen LogP contribution in [-0.2, 0) is 6.18 Å². The van der Waals surface area contributed by atoms with Crippen LogP contribution in [0, 0.1) is 0 Å². The van der Waals surface area contributed by atoms with E-state index in [0.717, 1.165) is 36.1 Å². The Morgan fingerprint density at radius 1 is 1.44 bits per heavy atom. The molecule has 0 saturated heterocycles. The molecule has 0 aliphatic carbocycles. The zero-order chi connectivity index (χ0) is 13.8. The molecule has 100 valence electrons. The van der Waals surface area contributed by atoms with E-state index in [0.29, 0.717) is 15.9 Å². The number of halogens is 4. The molecule has 0 aromatic heterocycles. The summed E-state index contributed by atoms with van der Waals surface area (Å²) >= 11 is 4.39. The Kier molecular flexibility index (Phi) is 5.75. The van der Waals surface area contributed by atoms with Gasteiger partial charge in [0.25, 0.3) is 0 Å². The van der Waals surface area contributed by atoms with Gasteiger partial charge in [0, 0.05) is 15.9 Å². The fourth-order valence-electron chi connectivity index (χ4n) is 1.10. The maximum Gasteiger partial charge on any atom is 0.416 e. The highest BCUT2D eigenvalue weighted by Crippen LogP contribution is 2.34. The minimum absolute atomic E-state index is 0.508. The van der Waals surface area contributed by atoms with E-state index in [2.05, 4.69) is 27.2 Å². The number of hydrogen-bond donors (Lipinski definition) is 1. The predicted molar refractivity (Wildman–Crippen MR) is 72.4 cm³/mol. The van der Waals surface area contributed by atoms with Crippen LogP contribution in [0.5, 0.6) is 0 Å². The van der Waals surface area contributed by atoms with Crippen LogP contribution in [-0.4, -0.2) is 6.54 Å². The van der Waals surface area contributed by atoms with Crippen LogP contribution in [0.2, 0.25) is 0 Å². The Morgan fingerprint density at radius 3 is 2.67 bits per heavy atom. The highest BCUT2D eigenvalue weighted by atomic mass is 79.9. The van der Waals surface area contributed by atoms with E-state index >= 15 is 0 Å². The summed E-state index contributed by atoms with van der Waals surface area (Å²) in [5.74, 6) is 0. The van der Waals surface area contributed by atoms with Gasteiger partial charge in [0.05, 0.1) is 5.56 Å². The largest absolute Gasteiger partial charge is 0.416 e. The van der Waals surface area contributed by atoms with Crippen molar-refractivity contribution < 1.29 is 13.2 Å². The molecule has 0 unspecified atom stereocenters. The van der Waals surface area contributed by atoms with E-state index in [1.54, 1.807) is 0 Å². The predicted octanol–water partition coefficient (Wildman–Crippen LogP) is 5.03. The zero-order valence-corrected chi connectivity index (χ0v) is 12.2. The average Bonchev–Trinajstić information content (AvgIpc) is 2.29. The number of alkyl halides is 3. The van der Waals surface area contributed by atoms with Crippen molar-refractivity contribution in [2.45, 2.75) is 24.4 Å². The van der Waals surface area contributed by atoms with E-state index in [1.165, 1.54) is 6.07 Å². The first-order valence-electron chi connectivity index (χ1n) is 5.27. The molecule has 6 heteroatoms. The SMILES string of the molecule is C=C(CC)CNSc1cc(C(F)(F)F)ccc1Br. The summed E-state index contributed by atoms with van der Waals surface area (Å²) in [6, 6.07) is 3.58. The molecule has 1 N–H and O–H groups in total. The van der Waals surface area contributed by atoms with Gasteiger partial charge >= 0.3 is 6.18 Å². The molecular formula is C12H13BrF3NS. The van der Waals surface area contributed by atoms with Crippen LogP contribution in [0.3, 0.4) is 0 Å². The molecule has 0 fully saturated rings. The number of rotatable bonds is 5. The Hall–Kier alpha value is -0.460. The van der Waals surface area contributed by atoms with Crippen LogP contribution in [0.15, 0.2) is 39.7 Å². The molecular weight excluding hydrogens is 327 g/mol. The summed E-state index contributed by atoms with van der Waals surface area (Å²) < 4.78 is 41.3. The van der Waals surface area contributed by atoms with E-state index in [1.807, 2.05) is 6.92 Å². The lowest BCUT2D eigenvalue weighted by atomic mass is 10.2. The summed E-state index contributed by atoms with van der Waals surface area (Å²) in [5, 5.41) is 0. The van der Waals surface area contributed by atoms with Crippen molar-refractivity contribution in [3.63, 3.8) is 0 Å². The van der Waals surface area contributed by atoms with Gasteiger partial charge in [-0.05, 0) is 52.5 Å². The van der Waals surface area contributed by atoms with Crippen molar-refractivity contribution in [3.8, 4) is 0 Å². The smallest absolute Gasteiger partial charge is 0.256 e. The molecule has 0 amide bonds. The van der Waals surface area contributed by atoms with Gasteiger partial charge in [-0.1, -0.05) is 19.1 Å². The number of benzene rings is 1. The second kappa shape index (κ2) is 6.63. The molecule has 0 heterocycles. The lowest BCUT2D eigenvalue weighted by Gasteiger charge is -2.11. The molecule has 18 heavy (non-hydrogen) atoms. The summed E-state index contributed by atoms with van der Waals surface area (Å²) in [6.45, 7) is 6.37. The van der Waals surface area contributed by atoms with E-state index in [9.17, 15) is 13.2 Å². The third-order valence-electron chi connectivity index (χ3n) is 2.26. The molecule has 0 saturated carbocycles. The second-order valence-electron chi connectivity index (χ2n) is 3.67.